The minimum Gasteiger partial charge on any atom is -0.369 e. The van der Waals surface area contributed by atoms with Crippen molar-refractivity contribution in [2.45, 2.75) is 6.42 Å². The first-order valence-corrected chi connectivity index (χ1v) is 11.6. The Morgan fingerprint density at radius 1 is 1.03 bits per heavy atom. The van der Waals surface area contributed by atoms with Crippen molar-refractivity contribution < 1.29 is 8.42 Å². The van der Waals surface area contributed by atoms with E-state index in [1.165, 1.54) is 0 Å². The Kier molecular flexibility index (Phi) is 5.52. The fourth-order valence-electron chi connectivity index (χ4n) is 3.00. The maximum absolute atomic E-state index is 11.2. The number of pyridine rings is 1. The third-order valence-corrected chi connectivity index (χ3v) is 6.07. The minimum absolute atomic E-state index is 0.0845. The topological polar surface area (TPSA) is 111 Å². The molecule has 0 amide bonds. The maximum atomic E-state index is 11.2. The number of nitrogens with zero attached hydrogens (tertiary/aromatic N) is 3. The predicted molar refractivity (Wildman–Crippen MR) is 117 cm³/mol. The van der Waals surface area contributed by atoms with Gasteiger partial charge in [-0.15, -0.1) is 11.3 Å². The summed E-state index contributed by atoms with van der Waals surface area (Å²) in [7, 11) is -3.49. The van der Waals surface area contributed by atoms with Gasteiger partial charge in [0.15, 0.2) is 5.82 Å². The Hall–Kier alpha value is -2.88. The molecule has 0 unspecified atom stereocenters. The maximum Gasteiger partial charge on any atom is 0.209 e. The lowest BCUT2D eigenvalue weighted by Gasteiger charge is -2.10. The van der Waals surface area contributed by atoms with Gasteiger partial charge in [-0.3, -0.25) is 4.98 Å². The van der Waals surface area contributed by atoms with E-state index in [4.69, 9.17) is 15.1 Å². The van der Waals surface area contributed by atoms with Crippen LogP contribution in [0.5, 0.6) is 0 Å². The molecular formula is C20H19N5O2S2. The van der Waals surface area contributed by atoms with Crippen molar-refractivity contribution in [3.8, 4) is 22.5 Å². The number of primary sulfonamides is 1. The highest BCUT2D eigenvalue weighted by atomic mass is 32.2. The highest BCUT2D eigenvalue weighted by Crippen LogP contribution is 2.38. The van der Waals surface area contributed by atoms with Crippen molar-refractivity contribution in [1.82, 2.24) is 15.0 Å². The van der Waals surface area contributed by atoms with Gasteiger partial charge in [0, 0.05) is 35.4 Å². The summed E-state index contributed by atoms with van der Waals surface area (Å²) in [5, 5.41) is 11.4. The summed E-state index contributed by atoms with van der Waals surface area (Å²) < 4.78 is 22.4. The number of aromatic nitrogens is 3. The zero-order chi connectivity index (χ0) is 20.3. The molecule has 4 rings (SSSR count). The number of rotatable bonds is 7. The Morgan fingerprint density at radius 3 is 2.55 bits per heavy atom. The Morgan fingerprint density at radius 2 is 1.83 bits per heavy atom. The molecule has 9 heteroatoms. The SMILES string of the molecule is NS(=O)(=O)CCCNc1nc(-c2cccnc2)nc2scc(-c3ccccc3)c12. The van der Waals surface area contributed by atoms with Crippen molar-refractivity contribution in [2.24, 2.45) is 5.14 Å². The lowest BCUT2D eigenvalue weighted by molar-refractivity contribution is 0.595. The van der Waals surface area contributed by atoms with Crippen LogP contribution in [0.15, 0.2) is 60.2 Å². The van der Waals surface area contributed by atoms with Crippen LogP contribution in [0.1, 0.15) is 6.42 Å². The van der Waals surface area contributed by atoms with Crippen molar-refractivity contribution in [1.29, 1.82) is 0 Å². The first kappa shape index (κ1) is 19.4. The fourth-order valence-corrected chi connectivity index (χ4v) is 4.50. The third kappa shape index (κ3) is 4.58. The van der Waals surface area contributed by atoms with Gasteiger partial charge >= 0.3 is 0 Å². The van der Waals surface area contributed by atoms with Crippen molar-refractivity contribution in [3.63, 3.8) is 0 Å². The summed E-state index contributed by atoms with van der Waals surface area (Å²) in [6.45, 7) is 0.430. The van der Waals surface area contributed by atoms with Gasteiger partial charge in [0.2, 0.25) is 10.0 Å². The normalized spacial score (nSPS) is 11.6. The van der Waals surface area contributed by atoms with E-state index >= 15 is 0 Å². The lowest BCUT2D eigenvalue weighted by atomic mass is 10.1. The standard InChI is InChI=1S/C20H19N5O2S2/c21-29(26,27)11-5-10-23-19-17-16(14-6-2-1-3-7-14)13-28-20(17)25-18(24-19)15-8-4-9-22-12-15/h1-4,6-9,12-13H,5,10-11H2,(H2,21,26,27)(H,23,24,25). The van der Waals surface area contributed by atoms with Crippen LogP contribution in [0, 0.1) is 0 Å². The molecule has 0 bridgehead atoms. The molecule has 148 valence electrons. The molecule has 0 aliphatic carbocycles. The van der Waals surface area contributed by atoms with Crippen LogP contribution in [0.2, 0.25) is 0 Å². The molecule has 7 nitrogen and oxygen atoms in total. The quantitative estimate of drug-likeness (QED) is 0.438. The molecule has 3 aromatic heterocycles. The van der Waals surface area contributed by atoms with Crippen LogP contribution in [-0.2, 0) is 10.0 Å². The van der Waals surface area contributed by atoms with Crippen LogP contribution in [0.3, 0.4) is 0 Å². The molecule has 1 aromatic carbocycles. The van der Waals surface area contributed by atoms with Crippen molar-refractivity contribution in [3.05, 3.63) is 60.2 Å². The molecule has 0 aliphatic heterocycles. The van der Waals surface area contributed by atoms with Gasteiger partial charge in [-0.05, 0) is 24.1 Å². The van der Waals surface area contributed by atoms with E-state index < -0.39 is 10.0 Å². The number of nitrogens with two attached hydrogens (primary N) is 1. The minimum atomic E-state index is -3.49. The van der Waals surface area contributed by atoms with E-state index in [-0.39, 0.29) is 5.75 Å². The second-order valence-electron chi connectivity index (χ2n) is 6.48. The van der Waals surface area contributed by atoms with Crippen LogP contribution in [0.25, 0.3) is 32.7 Å². The second-order valence-corrected chi connectivity index (χ2v) is 9.07. The largest absolute Gasteiger partial charge is 0.369 e. The van der Waals surface area contributed by atoms with Gasteiger partial charge in [0.05, 0.1) is 11.1 Å². The van der Waals surface area contributed by atoms with Gasteiger partial charge < -0.3 is 5.32 Å². The first-order chi connectivity index (χ1) is 14.0. The molecule has 3 N–H and O–H groups in total. The summed E-state index contributed by atoms with van der Waals surface area (Å²) in [5.74, 6) is 1.16. The average Bonchev–Trinajstić information content (AvgIpc) is 3.16. The smallest absolute Gasteiger partial charge is 0.209 e. The number of anilines is 1. The zero-order valence-corrected chi connectivity index (χ0v) is 17.1. The van der Waals surface area contributed by atoms with E-state index in [1.54, 1.807) is 23.7 Å². The fraction of sp³-hybridized carbons (Fsp3) is 0.150. The Labute approximate surface area is 172 Å². The molecule has 29 heavy (non-hydrogen) atoms. The monoisotopic (exact) mass is 425 g/mol. The summed E-state index contributed by atoms with van der Waals surface area (Å²) in [6.07, 6.45) is 3.81. The van der Waals surface area contributed by atoms with Gasteiger partial charge in [-0.25, -0.2) is 23.5 Å². The first-order valence-electron chi connectivity index (χ1n) is 9.01. The number of sulfonamides is 1. The molecule has 0 spiro atoms. The Balaban J connectivity index is 1.76. The van der Waals surface area contributed by atoms with E-state index in [0.29, 0.717) is 24.6 Å². The molecule has 0 fully saturated rings. The van der Waals surface area contributed by atoms with E-state index in [1.807, 2.05) is 42.5 Å². The molecule has 0 saturated carbocycles. The van der Waals surface area contributed by atoms with Gasteiger partial charge in [0.25, 0.3) is 0 Å². The number of hydrogen-bond acceptors (Lipinski definition) is 7. The van der Waals surface area contributed by atoms with Crippen LogP contribution in [-0.4, -0.2) is 35.7 Å². The lowest BCUT2D eigenvalue weighted by Crippen LogP contribution is -2.19. The van der Waals surface area contributed by atoms with E-state index in [2.05, 4.69) is 15.7 Å². The van der Waals surface area contributed by atoms with Crippen LogP contribution in [0.4, 0.5) is 5.82 Å². The summed E-state index contributed by atoms with van der Waals surface area (Å²) in [4.78, 5) is 14.5. The highest BCUT2D eigenvalue weighted by molar-refractivity contribution is 7.89. The molecule has 0 saturated heterocycles. The molecule has 0 radical (unpaired) electrons. The van der Waals surface area contributed by atoms with Crippen molar-refractivity contribution >= 4 is 37.4 Å². The average molecular weight is 426 g/mol. The number of fused-ring (bicyclic) bond motifs is 1. The second kappa shape index (κ2) is 8.24. The summed E-state index contributed by atoms with van der Waals surface area (Å²) in [5.41, 5.74) is 2.93. The number of nitrogens with one attached hydrogen (secondary N) is 1. The predicted octanol–water partition coefficient (Wildman–Crippen LogP) is 3.51. The number of thiophene rings is 1. The summed E-state index contributed by atoms with van der Waals surface area (Å²) in [6, 6.07) is 13.8. The van der Waals surface area contributed by atoms with Crippen LogP contribution >= 0.6 is 11.3 Å². The summed E-state index contributed by atoms with van der Waals surface area (Å²) >= 11 is 1.55. The third-order valence-electron chi connectivity index (χ3n) is 4.34. The molecule has 4 aromatic rings. The molecular weight excluding hydrogens is 406 g/mol. The van der Waals surface area contributed by atoms with E-state index in [9.17, 15) is 8.42 Å². The van der Waals surface area contributed by atoms with Gasteiger partial charge in [-0.2, -0.15) is 0 Å². The highest BCUT2D eigenvalue weighted by Gasteiger charge is 2.16. The zero-order valence-electron chi connectivity index (χ0n) is 15.4. The number of hydrogen-bond donors (Lipinski definition) is 2. The molecule has 3 heterocycles. The van der Waals surface area contributed by atoms with Gasteiger partial charge in [-0.1, -0.05) is 30.3 Å². The van der Waals surface area contributed by atoms with E-state index in [0.717, 1.165) is 26.9 Å². The van der Waals surface area contributed by atoms with Crippen molar-refractivity contribution in [2.75, 3.05) is 17.6 Å². The Bertz CT molecular complexity index is 1230. The molecule has 0 atom stereocenters. The number of benzene rings is 1. The van der Waals surface area contributed by atoms with Crippen LogP contribution < -0.4 is 10.5 Å². The van der Waals surface area contributed by atoms with Gasteiger partial charge in [0.1, 0.15) is 10.6 Å². The molecule has 0 aliphatic rings.